The standard InChI is InChI=1S/C13H12F3NO4/c14-13(15,16)21-10-3-1-2-8(6-10)12(20)17(7-11(18)19)9-4-5-9/h1-3,6,9H,4-5,7H2,(H,18,19). The normalized spacial score (nSPS) is 14.6. The number of benzene rings is 1. The molecule has 0 atom stereocenters. The highest BCUT2D eigenvalue weighted by Gasteiger charge is 2.35. The van der Waals surface area contributed by atoms with Gasteiger partial charge in [-0.2, -0.15) is 0 Å². The van der Waals surface area contributed by atoms with Gasteiger partial charge in [0.1, 0.15) is 12.3 Å². The molecule has 1 aromatic rings. The van der Waals surface area contributed by atoms with E-state index in [0.717, 1.165) is 17.0 Å². The third-order valence-electron chi connectivity index (χ3n) is 2.87. The van der Waals surface area contributed by atoms with E-state index < -0.39 is 30.5 Å². The van der Waals surface area contributed by atoms with E-state index in [0.29, 0.717) is 12.8 Å². The molecular formula is C13H12F3NO4. The first kappa shape index (κ1) is 15.1. The molecule has 0 radical (unpaired) electrons. The van der Waals surface area contributed by atoms with Crippen LogP contribution in [0.15, 0.2) is 24.3 Å². The van der Waals surface area contributed by atoms with Crippen LogP contribution in [0.1, 0.15) is 23.2 Å². The zero-order valence-electron chi connectivity index (χ0n) is 10.8. The maximum absolute atomic E-state index is 12.2. The Balaban J connectivity index is 2.17. The topological polar surface area (TPSA) is 66.8 Å². The molecule has 1 aliphatic carbocycles. The fraction of sp³-hybridized carbons (Fsp3) is 0.385. The van der Waals surface area contributed by atoms with Gasteiger partial charge in [0.25, 0.3) is 5.91 Å². The number of nitrogens with zero attached hydrogens (tertiary/aromatic N) is 1. The molecule has 0 unspecified atom stereocenters. The monoisotopic (exact) mass is 303 g/mol. The lowest BCUT2D eigenvalue weighted by Crippen LogP contribution is -2.37. The second-order valence-electron chi connectivity index (χ2n) is 4.63. The van der Waals surface area contributed by atoms with E-state index >= 15 is 0 Å². The van der Waals surface area contributed by atoms with E-state index in [1.54, 1.807) is 0 Å². The van der Waals surface area contributed by atoms with Gasteiger partial charge in [-0.3, -0.25) is 9.59 Å². The van der Waals surface area contributed by atoms with Crippen molar-refractivity contribution < 1.29 is 32.6 Å². The lowest BCUT2D eigenvalue weighted by Gasteiger charge is -2.20. The molecule has 0 aliphatic heterocycles. The lowest BCUT2D eigenvalue weighted by atomic mass is 10.2. The number of ether oxygens (including phenoxy) is 1. The molecule has 5 nitrogen and oxygen atoms in total. The quantitative estimate of drug-likeness (QED) is 0.906. The van der Waals surface area contributed by atoms with Crippen LogP contribution in [0.2, 0.25) is 0 Å². The van der Waals surface area contributed by atoms with Crippen molar-refractivity contribution in [3.8, 4) is 5.75 Å². The van der Waals surface area contributed by atoms with Crippen LogP contribution < -0.4 is 4.74 Å². The first-order valence-corrected chi connectivity index (χ1v) is 6.15. The Labute approximate surface area is 117 Å². The minimum absolute atomic E-state index is 0.0371. The van der Waals surface area contributed by atoms with Crippen molar-refractivity contribution in [3.63, 3.8) is 0 Å². The summed E-state index contributed by atoms with van der Waals surface area (Å²) in [5.41, 5.74) is -0.0371. The summed E-state index contributed by atoms with van der Waals surface area (Å²) in [7, 11) is 0. The molecular weight excluding hydrogens is 291 g/mol. The Morgan fingerprint density at radius 3 is 2.52 bits per heavy atom. The molecule has 0 heterocycles. The van der Waals surface area contributed by atoms with Crippen molar-refractivity contribution in [2.45, 2.75) is 25.2 Å². The van der Waals surface area contributed by atoms with Crippen molar-refractivity contribution in [1.29, 1.82) is 0 Å². The summed E-state index contributed by atoms with van der Waals surface area (Å²) in [5.74, 6) is -2.30. The van der Waals surface area contributed by atoms with Gasteiger partial charge in [0.05, 0.1) is 0 Å². The number of rotatable bonds is 5. The number of alkyl halides is 3. The van der Waals surface area contributed by atoms with E-state index in [2.05, 4.69) is 4.74 Å². The Morgan fingerprint density at radius 2 is 2.00 bits per heavy atom. The largest absolute Gasteiger partial charge is 0.573 e. The number of hydrogen-bond acceptors (Lipinski definition) is 3. The van der Waals surface area contributed by atoms with Gasteiger partial charge >= 0.3 is 12.3 Å². The Kier molecular flexibility index (Phi) is 4.06. The SMILES string of the molecule is O=C(O)CN(C(=O)c1cccc(OC(F)(F)F)c1)C1CC1. The Bertz CT molecular complexity index is 555. The average Bonchev–Trinajstić information content (AvgIpc) is 3.17. The van der Waals surface area contributed by atoms with Crippen LogP contribution in [0.5, 0.6) is 5.75 Å². The van der Waals surface area contributed by atoms with Crippen LogP contribution in [0.25, 0.3) is 0 Å². The van der Waals surface area contributed by atoms with Crippen LogP contribution in [0, 0.1) is 0 Å². The number of carboxylic acid groups (broad SMARTS) is 1. The van der Waals surface area contributed by atoms with Gasteiger partial charge < -0.3 is 14.7 Å². The zero-order valence-corrected chi connectivity index (χ0v) is 10.8. The third-order valence-corrected chi connectivity index (χ3v) is 2.87. The molecule has 1 amide bonds. The number of aliphatic carboxylic acids is 1. The van der Waals surface area contributed by atoms with E-state index in [1.165, 1.54) is 12.1 Å². The molecule has 21 heavy (non-hydrogen) atoms. The van der Waals surface area contributed by atoms with Gasteiger partial charge in [-0.05, 0) is 31.0 Å². The minimum Gasteiger partial charge on any atom is -0.480 e. The molecule has 1 N–H and O–H groups in total. The third kappa shape index (κ3) is 4.37. The second kappa shape index (κ2) is 5.63. The van der Waals surface area contributed by atoms with Crippen molar-refractivity contribution >= 4 is 11.9 Å². The van der Waals surface area contributed by atoms with E-state index in [1.807, 2.05) is 0 Å². The molecule has 114 valence electrons. The van der Waals surface area contributed by atoms with Crippen molar-refractivity contribution in [1.82, 2.24) is 4.90 Å². The summed E-state index contributed by atoms with van der Waals surface area (Å²) in [6.45, 7) is -0.478. The zero-order chi connectivity index (χ0) is 15.6. The van der Waals surface area contributed by atoms with Crippen molar-refractivity contribution in [2.75, 3.05) is 6.54 Å². The van der Waals surface area contributed by atoms with Gasteiger partial charge in [-0.15, -0.1) is 13.2 Å². The first-order chi connectivity index (χ1) is 9.76. The van der Waals surface area contributed by atoms with Gasteiger partial charge in [0.2, 0.25) is 0 Å². The number of hydrogen-bond donors (Lipinski definition) is 1. The summed E-state index contributed by atoms with van der Waals surface area (Å²) in [6.07, 6.45) is -3.46. The van der Waals surface area contributed by atoms with Crippen LogP contribution in [0.3, 0.4) is 0 Å². The maximum Gasteiger partial charge on any atom is 0.573 e. The summed E-state index contributed by atoms with van der Waals surface area (Å²) in [6, 6.07) is 4.43. The predicted molar refractivity (Wildman–Crippen MR) is 64.8 cm³/mol. The second-order valence-corrected chi connectivity index (χ2v) is 4.63. The number of carbonyl (C=O) groups is 2. The molecule has 0 saturated heterocycles. The Hall–Kier alpha value is -2.25. The van der Waals surface area contributed by atoms with Crippen LogP contribution in [-0.2, 0) is 4.79 Å². The van der Waals surface area contributed by atoms with E-state index in [4.69, 9.17) is 5.11 Å². The molecule has 0 aromatic heterocycles. The first-order valence-electron chi connectivity index (χ1n) is 6.15. The van der Waals surface area contributed by atoms with Crippen LogP contribution in [-0.4, -0.2) is 40.8 Å². The average molecular weight is 303 g/mol. The molecule has 1 aromatic carbocycles. The molecule has 1 aliphatic rings. The molecule has 0 spiro atoms. The van der Waals surface area contributed by atoms with E-state index in [-0.39, 0.29) is 11.6 Å². The summed E-state index contributed by atoms with van der Waals surface area (Å²) >= 11 is 0. The van der Waals surface area contributed by atoms with Crippen molar-refractivity contribution in [3.05, 3.63) is 29.8 Å². The molecule has 2 rings (SSSR count). The fourth-order valence-electron chi connectivity index (χ4n) is 1.89. The molecule has 1 fully saturated rings. The van der Waals surface area contributed by atoms with Gasteiger partial charge in [-0.1, -0.05) is 6.07 Å². The summed E-state index contributed by atoms with van der Waals surface area (Å²) < 4.78 is 40.2. The number of carboxylic acids is 1. The minimum atomic E-state index is -4.85. The lowest BCUT2D eigenvalue weighted by molar-refractivity contribution is -0.274. The summed E-state index contributed by atoms with van der Waals surface area (Å²) in [5, 5.41) is 8.80. The fourth-order valence-corrected chi connectivity index (χ4v) is 1.89. The number of carbonyl (C=O) groups excluding carboxylic acids is 1. The smallest absolute Gasteiger partial charge is 0.480 e. The molecule has 8 heteroatoms. The highest BCUT2D eigenvalue weighted by atomic mass is 19.4. The molecule has 1 saturated carbocycles. The molecule has 0 bridgehead atoms. The van der Waals surface area contributed by atoms with Crippen molar-refractivity contribution in [2.24, 2.45) is 0 Å². The maximum atomic E-state index is 12.2. The summed E-state index contributed by atoms with van der Waals surface area (Å²) in [4.78, 5) is 24.1. The van der Waals surface area contributed by atoms with Gasteiger partial charge in [0, 0.05) is 11.6 Å². The van der Waals surface area contributed by atoms with Crippen LogP contribution >= 0.6 is 0 Å². The highest BCUT2D eigenvalue weighted by molar-refractivity contribution is 5.96. The van der Waals surface area contributed by atoms with E-state index in [9.17, 15) is 22.8 Å². The predicted octanol–water partition coefficient (Wildman–Crippen LogP) is 2.27. The Morgan fingerprint density at radius 1 is 1.33 bits per heavy atom. The number of amides is 1. The van der Waals surface area contributed by atoms with Gasteiger partial charge in [0.15, 0.2) is 0 Å². The highest BCUT2D eigenvalue weighted by Crippen LogP contribution is 2.29. The van der Waals surface area contributed by atoms with Gasteiger partial charge in [-0.25, -0.2) is 0 Å². The van der Waals surface area contributed by atoms with Crippen LogP contribution in [0.4, 0.5) is 13.2 Å². The number of halogens is 3.